The standard InChI is InChI=1S/C17H18N6O6/c1-2-7-23-13-12(14(26)19-16(23)28)20-17(21-13,15(27)22-18)9-3-5-10(6-4-9)29-8-11(24)25/h3-6H,2,7-8,18H2,1H3,(H,22,27)(H,24,25)(H,19,26,28). The number of aromatic amines is 1. The lowest BCUT2D eigenvalue weighted by molar-refractivity contribution is -0.139. The summed E-state index contributed by atoms with van der Waals surface area (Å²) in [5.74, 6) is 3.61. The Balaban J connectivity index is 2.19. The van der Waals surface area contributed by atoms with Gasteiger partial charge in [0.25, 0.3) is 17.1 Å². The number of amides is 1. The highest BCUT2D eigenvalue weighted by Gasteiger charge is 2.43. The zero-order chi connectivity index (χ0) is 21.2. The lowest BCUT2D eigenvalue weighted by atomic mass is 10.00. The number of aliphatic carboxylic acids is 1. The molecule has 0 aliphatic carbocycles. The fourth-order valence-electron chi connectivity index (χ4n) is 2.93. The molecule has 0 bridgehead atoms. The van der Waals surface area contributed by atoms with Gasteiger partial charge in [0, 0.05) is 12.1 Å². The zero-order valence-electron chi connectivity index (χ0n) is 15.3. The first-order valence-corrected chi connectivity index (χ1v) is 8.61. The Bertz CT molecular complexity index is 1200. The zero-order valence-corrected chi connectivity index (χ0v) is 15.3. The molecule has 0 saturated carbocycles. The van der Waals surface area contributed by atoms with E-state index in [-0.39, 0.29) is 28.7 Å². The van der Waals surface area contributed by atoms with Crippen LogP contribution in [0, 0.1) is 0 Å². The average molecular weight is 402 g/mol. The van der Waals surface area contributed by atoms with E-state index < -0.39 is 35.4 Å². The highest BCUT2D eigenvalue weighted by Crippen LogP contribution is 2.29. The molecule has 1 aromatic carbocycles. The maximum atomic E-state index is 12.6. The van der Waals surface area contributed by atoms with Gasteiger partial charge in [0.15, 0.2) is 17.5 Å². The second kappa shape index (κ2) is 7.67. The number of carbonyl (C=O) groups is 2. The number of aromatic nitrogens is 2. The molecule has 12 nitrogen and oxygen atoms in total. The third kappa shape index (κ3) is 3.52. The van der Waals surface area contributed by atoms with Gasteiger partial charge in [-0.15, -0.1) is 0 Å². The molecule has 1 aliphatic heterocycles. The number of benzene rings is 1. The van der Waals surface area contributed by atoms with Gasteiger partial charge in [0.05, 0.1) is 0 Å². The summed E-state index contributed by atoms with van der Waals surface area (Å²) in [5, 5.41) is 8.52. The number of ether oxygens (including phenoxy) is 1. The summed E-state index contributed by atoms with van der Waals surface area (Å²) in [7, 11) is 0. The van der Waals surface area contributed by atoms with Crippen molar-refractivity contribution in [1.82, 2.24) is 15.0 Å². The number of hydrogen-bond acceptors (Lipinski definition) is 8. The van der Waals surface area contributed by atoms with Crippen molar-refractivity contribution in [2.75, 3.05) is 6.61 Å². The molecule has 0 fully saturated rings. The van der Waals surface area contributed by atoms with Crippen LogP contribution in [0.1, 0.15) is 18.9 Å². The summed E-state index contributed by atoms with van der Waals surface area (Å²) < 4.78 is 6.30. The number of rotatable bonds is 7. The van der Waals surface area contributed by atoms with Crippen LogP contribution in [-0.4, -0.2) is 33.1 Å². The largest absolute Gasteiger partial charge is 0.482 e. The number of hydrogen-bond donors (Lipinski definition) is 4. The van der Waals surface area contributed by atoms with Crippen LogP contribution >= 0.6 is 0 Å². The normalized spacial score (nSPS) is 17.0. The highest BCUT2D eigenvalue weighted by molar-refractivity contribution is 5.87. The minimum Gasteiger partial charge on any atom is -0.482 e. The number of nitrogens with one attached hydrogen (secondary N) is 2. The third-order valence-electron chi connectivity index (χ3n) is 4.20. The molecule has 0 spiro atoms. The molecule has 0 saturated heterocycles. The van der Waals surface area contributed by atoms with Crippen LogP contribution in [0.3, 0.4) is 0 Å². The smallest absolute Gasteiger partial charge is 0.341 e. The Hall–Kier alpha value is -3.80. The van der Waals surface area contributed by atoms with Crippen LogP contribution in [0.15, 0.2) is 43.8 Å². The summed E-state index contributed by atoms with van der Waals surface area (Å²) >= 11 is 0. The molecule has 3 rings (SSSR count). The fraction of sp³-hybridized carbons (Fsp3) is 0.294. The predicted octanol–water partition coefficient (Wildman–Crippen LogP) is -2.49. The van der Waals surface area contributed by atoms with Crippen LogP contribution in [0.4, 0.5) is 0 Å². The molecule has 1 aliphatic rings. The van der Waals surface area contributed by atoms with Gasteiger partial charge in [-0.05, 0) is 18.6 Å². The van der Waals surface area contributed by atoms with E-state index in [4.69, 9.17) is 15.7 Å². The van der Waals surface area contributed by atoms with Crippen LogP contribution in [0.25, 0.3) is 0 Å². The molecule has 0 radical (unpaired) electrons. The number of fused-ring (bicyclic) bond motifs is 1. The van der Waals surface area contributed by atoms with E-state index in [1.54, 1.807) is 0 Å². The number of H-pyrrole nitrogens is 1. The van der Waals surface area contributed by atoms with Crippen LogP contribution < -0.4 is 38.1 Å². The first-order chi connectivity index (χ1) is 13.8. The molecule has 2 aromatic rings. The van der Waals surface area contributed by atoms with E-state index in [1.807, 2.05) is 12.3 Å². The first-order valence-electron chi connectivity index (χ1n) is 8.61. The van der Waals surface area contributed by atoms with E-state index >= 15 is 0 Å². The van der Waals surface area contributed by atoms with E-state index in [0.717, 1.165) is 0 Å². The number of nitrogens with two attached hydrogens (primary N) is 1. The second-order valence-electron chi connectivity index (χ2n) is 6.16. The number of carboxylic acid groups (broad SMARTS) is 1. The van der Waals surface area contributed by atoms with Gasteiger partial charge in [-0.1, -0.05) is 19.1 Å². The highest BCUT2D eigenvalue weighted by atomic mass is 16.5. The van der Waals surface area contributed by atoms with Gasteiger partial charge < -0.3 is 9.84 Å². The van der Waals surface area contributed by atoms with Crippen molar-refractivity contribution < 1.29 is 19.4 Å². The molecule has 2 heterocycles. The van der Waals surface area contributed by atoms with E-state index in [0.29, 0.717) is 6.42 Å². The lowest BCUT2D eigenvalue weighted by Gasteiger charge is -2.21. The van der Waals surface area contributed by atoms with E-state index in [1.165, 1.54) is 28.8 Å². The predicted molar refractivity (Wildman–Crippen MR) is 97.5 cm³/mol. The molecule has 152 valence electrons. The number of carbonyl (C=O) groups excluding carboxylic acids is 1. The Labute approximate surface area is 162 Å². The molecule has 1 atom stereocenters. The van der Waals surface area contributed by atoms with E-state index in [2.05, 4.69) is 15.0 Å². The van der Waals surface area contributed by atoms with Crippen LogP contribution in [-0.2, 0) is 21.8 Å². The van der Waals surface area contributed by atoms with Gasteiger partial charge >= 0.3 is 11.7 Å². The van der Waals surface area contributed by atoms with Crippen LogP contribution in [0.2, 0.25) is 0 Å². The van der Waals surface area contributed by atoms with Gasteiger partial charge in [-0.2, -0.15) is 0 Å². The van der Waals surface area contributed by atoms with Crippen LogP contribution in [0.5, 0.6) is 5.75 Å². The number of hydrazine groups is 1. The molecule has 1 amide bonds. The molecule has 12 heteroatoms. The monoisotopic (exact) mass is 402 g/mol. The Morgan fingerprint density at radius 3 is 2.55 bits per heavy atom. The second-order valence-corrected chi connectivity index (χ2v) is 6.16. The summed E-state index contributed by atoms with van der Waals surface area (Å²) in [6.45, 7) is 1.57. The van der Waals surface area contributed by atoms with Gasteiger partial charge in [-0.3, -0.25) is 24.6 Å². The third-order valence-corrected chi connectivity index (χ3v) is 4.20. The summed E-state index contributed by atoms with van der Waals surface area (Å²) in [6.07, 6.45) is 0.583. The van der Waals surface area contributed by atoms with Crippen molar-refractivity contribution in [2.45, 2.75) is 25.6 Å². The lowest BCUT2D eigenvalue weighted by Crippen LogP contribution is -2.52. The molecule has 5 N–H and O–H groups in total. The quantitative estimate of drug-likeness (QED) is 0.224. The molecular formula is C17H18N6O6. The van der Waals surface area contributed by atoms with Crippen molar-refractivity contribution in [3.8, 4) is 5.75 Å². The topological polar surface area (TPSA) is 181 Å². The van der Waals surface area contributed by atoms with Gasteiger partial charge in [-0.25, -0.2) is 25.4 Å². The number of nitrogens with zero attached hydrogens (tertiary/aromatic N) is 3. The Morgan fingerprint density at radius 2 is 1.97 bits per heavy atom. The SMILES string of the molecule is CCCn1c(=O)[nH]c(=O)c2c1=NC(C(=O)NN)(c1ccc(OCC(=O)O)cc1)N=2. The summed E-state index contributed by atoms with van der Waals surface area (Å²) in [6, 6.07) is 5.76. The van der Waals surface area contributed by atoms with Gasteiger partial charge in [0.1, 0.15) is 5.75 Å². The Morgan fingerprint density at radius 1 is 1.28 bits per heavy atom. The fourth-order valence-corrected chi connectivity index (χ4v) is 2.93. The summed E-state index contributed by atoms with van der Waals surface area (Å²) in [4.78, 5) is 58.4. The molecule has 29 heavy (non-hydrogen) atoms. The van der Waals surface area contributed by atoms with Gasteiger partial charge in [0.2, 0.25) is 0 Å². The van der Waals surface area contributed by atoms with Crippen molar-refractivity contribution in [1.29, 1.82) is 0 Å². The van der Waals surface area contributed by atoms with Crippen molar-refractivity contribution in [2.24, 2.45) is 15.8 Å². The van der Waals surface area contributed by atoms with Crippen molar-refractivity contribution in [3.05, 3.63) is 61.5 Å². The van der Waals surface area contributed by atoms with Crippen molar-refractivity contribution in [3.63, 3.8) is 0 Å². The summed E-state index contributed by atoms with van der Waals surface area (Å²) in [5.41, 5.74) is -1.13. The maximum absolute atomic E-state index is 12.6. The molecular weight excluding hydrogens is 384 g/mol. The molecule has 1 aromatic heterocycles. The minimum atomic E-state index is -1.92. The number of carboxylic acids is 1. The first kappa shape index (κ1) is 19.9. The molecule has 1 unspecified atom stereocenters. The Kier molecular flexibility index (Phi) is 5.28. The van der Waals surface area contributed by atoms with E-state index in [9.17, 15) is 19.2 Å². The van der Waals surface area contributed by atoms with Crippen molar-refractivity contribution >= 4 is 11.9 Å². The maximum Gasteiger partial charge on any atom is 0.341 e. The average Bonchev–Trinajstić information content (AvgIpc) is 3.12. The minimum absolute atomic E-state index is 0.0181.